The Hall–Kier alpha value is -4.30. The molecule has 0 saturated heterocycles. The van der Waals surface area contributed by atoms with Crippen molar-refractivity contribution in [1.29, 1.82) is 5.26 Å². The van der Waals surface area contributed by atoms with E-state index in [2.05, 4.69) is 11.1 Å². The molecule has 0 amide bonds. The van der Waals surface area contributed by atoms with Crippen molar-refractivity contribution in [2.24, 2.45) is 0 Å². The van der Waals surface area contributed by atoms with Crippen LogP contribution in [0.4, 0.5) is 4.39 Å². The number of benzene rings is 4. The number of pyridine rings is 1. The van der Waals surface area contributed by atoms with E-state index in [9.17, 15) is 9.65 Å². The third-order valence-electron chi connectivity index (χ3n) is 6.34. The molecule has 6 aromatic rings. The van der Waals surface area contributed by atoms with E-state index in [4.69, 9.17) is 28.0 Å². The molecule has 0 aliphatic rings. The molecule has 0 aliphatic carbocycles. The van der Waals surface area contributed by atoms with Gasteiger partial charge in [-0.3, -0.25) is 4.98 Å². The molecule has 156 valence electrons. The van der Waals surface area contributed by atoms with Crippen LogP contribution < -0.4 is 16.5 Å². The third-order valence-corrected chi connectivity index (χ3v) is 6.34. The Balaban J connectivity index is 1.73. The predicted molar refractivity (Wildman–Crippen MR) is 141 cm³/mol. The number of nitriles is 1. The van der Waals surface area contributed by atoms with Crippen LogP contribution in [0.5, 0.6) is 0 Å². The summed E-state index contributed by atoms with van der Waals surface area (Å²) in [4.78, 5) is 4.16. The summed E-state index contributed by atoms with van der Waals surface area (Å²) in [5, 5.41) is 13.6. The van der Waals surface area contributed by atoms with Crippen molar-refractivity contribution in [3.63, 3.8) is 0 Å². The average molecular weight is 444 g/mol. The smallest absolute Gasteiger partial charge is 0.145 e. The number of para-hydroxylation sites is 1. The topological polar surface area (TPSA) is 49.8 Å². The third kappa shape index (κ3) is 3.10. The Bertz CT molecular complexity index is 1870. The van der Waals surface area contributed by atoms with Crippen LogP contribution in [0.1, 0.15) is 5.56 Å². The minimum absolute atomic E-state index is 0.0170. The molecular weight excluding hydrogens is 432 g/mol. The lowest BCUT2D eigenvalue weighted by Crippen LogP contribution is -2.38. The normalized spacial score (nSPS) is 11.3. The van der Waals surface area contributed by atoms with E-state index in [1.165, 1.54) is 0 Å². The van der Waals surface area contributed by atoms with Crippen molar-refractivity contribution in [3.8, 4) is 28.5 Å². The van der Waals surface area contributed by atoms with Gasteiger partial charge in [-0.25, -0.2) is 4.39 Å². The van der Waals surface area contributed by atoms with Crippen LogP contribution in [0.2, 0.25) is 0 Å². The van der Waals surface area contributed by atoms with Crippen molar-refractivity contribution in [2.75, 3.05) is 0 Å². The summed E-state index contributed by atoms with van der Waals surface area (Å²) in [7, 11) is 17.7. The predicted octanol–water partition coefficient (Wildman–Crippen LogP) is 3.86. The summed E-state index contributed by atoms with van der Waals surface area (Å²) in [5.41, 5.74) is 3.26. The van der Waals surface area contributed by atoms with Crippen molar-refractivity contribution >= 4 is 72.8 Å². The maximum Gasteiger partial charge on any atom is 0.145 e. The van der Waals surface area contributed by atoms with Gasteiger partial charge in [0.1, 0.15) is 40.5 Å². The molecular formula is C28H12B3FN2O. The Labute approximate surface area is 204 Å². The van der Waals surface area contributed by atoms with Gasteiger partial charge in [-0.2, -0.15) is 5.26 Å². The van der Waals surface area contributed by atoms with Crippen molar-refractivity contribution in [1.82, 2.24) is 4.98 Å². The fourth-order valence-electron chi connectivity index (χ4n) is 4.67. The number of furan rings is 1. The van der Waals surface area contributed by atoms with E-state index in [0.29, 0.717) is 27.9 Å². The molecule has 2 heterocycles. The highest BCUT2D eigenvalue weighted by Crippen LogP contribution is 2.42. The van der Waals surface area contributed by atoms with Crippen molar-refractivity contribution in [2.45, 2.75) is 0 Å². The first kappa shape index (κ1) is 21.3. The molecule has 4 aromatic carbocycles. The second kappa shape index (κ2) is 7.89. The van der Waals surface area contributed by atoms with Gasteiger partial charge in [0.2, 0.25) is 0 Å². The molecule has 0 unspecified atom stereocenters. The lowest BCUT2D eigenvalue weighted by Gasteiger charge is -2.12. The maximum atomic E-state index is 14.2. The number of halogens is 1. The minimum Gasteiger partial charge on any atom is -0.455 e. The van der Waals surface area contributed by atoms with Gasteiger partial charge in [0.25, 0.3) is 0 Å². The second-order valence-corrected chi connectivity index (χ2v) is 8.27. The lowest BCUT2D eigenvalue weighted by molar-refractivity contribution is 0.641. The summed E-state index contributed by atoms with van der Waals surface area (Å²) >= 11 is 0. The molecule has 0 spiro atoms. The number of aromatic nitrogens is 1. The molecule has 2 aromatic heterocycles. The van der Waals surface area contributed by atoms with Gasteiger partial charge < -0.3 is 4.42 Å². The quantitative estimate of drug-likeness (QED) is 0.382. The van der Waals surface area contributed by atoms with Crippen LogP contribution in [0.25, 0.3) is 55.1 Å². The van der Waals surface area contributed by atoms with Crippen LogP contribution in [-0.2, 0) is 0 Å². The lowest BCUT2D eigenvalue weighted by atomic mass is 9.76. The molecule has 0 atom stereocenters. The van der Waals surface area contributed by atoms with E-state index < -0.39 is 5.82 Å². The summed E-state index contributed by atoms with van der Waals surface area (Å²) in [6.45, 7) is 0. The highest BCUT2D eigenvalue weighted by Gasteiger charge is 2.21. The SMILES string of the molecule is [B]c1nc(-c2cccc3c2oc2c(-c4cccc5ccccc45)c(C#N)ccc23)c([B])c([B])c1F. The standard InChI is InChI=1S/C28H12B3FN2O/c29-22-23(30)25(34-28(31)24(22)32)20-10-4-9-18-19-12-11-15(13-33)21(27(19)35-26(18)20)17-8-3-6-14-5-1-2-7-16(14)17/h1-12H. The number of nitrogens with zero attached hydrogens (tertiary/aromatic N) is 2. The summed E-state index contributed by atoms with van der Waals surface area (Å²) in [6, 6.07) is 25.4. The Morgan fingerprint density at radius 2 is 1.43 bits per heavy atom. The van der Waals surface area contributed by atoms with Gasteiger partial charge in [0.05, 0.1) is 17.3 Å². The van der Waals surface area contributed by atoms with Gasteiger partial charge >= 0.3 is 0 Å². The van der Waals surface area contributed by atoms with Crippen LogP contribution >= 0.6 is 0 Å². The zero-order chi connectivity index (χ0) is 24.3. The first-order valence-corrected chi connectivity index (χ1v) is 10.9. The maximum absolute atomic E-state index is 14.2. The summed E-state index contributed by atoms with van der Waals surface area (Å²) in [6.07, 6.45) is 0. The van der Waals surface area contributed by atoms with Crippen LogP contribution in [0.15, 0.2) is 77.2 Å². The molecule has 0 fully saturated rings. The Kier molecular flexibility index (Phi) is 4.79. The van der Waals surface area contributed by atoms with Crippen molar-refractivity contribution in [3.05, 3.63) is 84.2 Å². The Morgan fingerprint density at radius 3 is 2.26 bits per heavy atom. The zero-order valence-electron chi connectivity index (χ0n) is 18.3. The molecule has 35 heavy (non-hydrogen) atoms. The number of fused-ring (bicyclic) bond motifs is 4. The zero-order valence-corrected chi connectivity index (χ0v) is 18.3. The van der Waals surface area contributed by atoms with Gasteiger partial charge in [-0.15, -0.1) is 0 Å². The molecule has 6 radical (unpaired) electrons. The van der Waals surface area contributed by atoms with Gasteiger partial charge in [0.15, 0.2) is 0 Å². The molecule has 0 aliphatic heterocycles. The van der Waals surface area contributed by atoms with Gasteiger partial charge in [0, 0.05) is 27.5 Å². The molecule has 0 bridgehead atoms. The second-order valence-electron chi connectivity index (χ2n) is 8.27. The molecule has 0 saturated carbocycles. The van der Waals surface area contributed by atoms with E-state index >= 15 is 0 Å². The number of hydrogen-bond donors (Lipinski definition) is 0. The molecule has 6 rings (SSSR count). The molecule has 7 heteroatoms. The van der Waals surface area contributed by atoms with Crippen LogP contribution in [0, 0.1) is 17.1 Å². The fraction of sp³-hybridized carbons (Fsp3) is 0. The van der Waals surface area contributed by atoms with Crippen LogP contribution in [-0.4, -0.2) is 28.5 Å². The van der Waals surface area contributed by atoms with E-state index in [1.807, 2.05) is 60.7 Å². The van der Waals surface area contributed by atoms with Gasteiger partial charge in [-0.1, -0.05) is 65.5 Å². The number of hydrogen-bond acceptors (Lipinski definition) is 3. The van der Waals surface area contributed by atoms with E-state index in [0.717, 1.165) is 27.1 Å². The van der Waals surface area contributed by atoms with E-state index in [-0.39, 0.29) is 22.2 Å². The highest BCUT2D eigenvalue weighted by atomic mass is 19.1. The minimum atomic E-state index is -0.847. The molecule has 0 N–H and O–H groups in total. The van der Waals surface area contributed by atoms with Gasteiger partial charge in [-0.05, 0) is 34.5 Å². The first-order valence-electron chi connectivity index (χ1n) is 10.9. The van der Waals surface area contributed by atoms with Crippen molar-refractivity contribution < 1.29 is 8.81 Å². The van der Waals surface area contributed by atoms with E-state index in [1.54, 1.807) is 12.1 Å². The molecule has 3 nitrogen and oxygen atoms in total. The monoisotopic (exact) mass is 444 g/mol. The summed E-state index contributed by atoms with van der Waals surface area (Å²) < 4.78 is 20.6. The van der Waals surface area contributed by atoms with Crippen LogP contribution in [0.3, 0.4) is 0 Å². The summed E-state index contributed by atoms with van der Waals surface area (Å²) in [5.74, 6) is -0.847. The fourth-order valence-corrected chi connectivity index (χ4v) is 4.67. The number of rotatable bonds is 2. The first-order chi connectivity index (χ1) is 17.0. The Morgan fingerprint density at radius 1 is 0.743 bits per heavy atom. The average Bonchev–Trinajstić information content (AvgIpc) is 3.27. The highest BCUT2D eigenvalue weighted by molar-refractivity contribution is 6.52. The largest absolute Gasteiger partial charge is 0.455 e.